The zero-order valence-electron chi connectivity index (χ0n) is 17.4. The summed E-state index contributed by atoms with van der Waals surface area (Å²) in [5.74, 6) is 0.499. The van der Waals surface area contributed by atoms with E-state index in [-0.39, 0.29) is 12.0 Å². The number of carbonyl (C=O) groups excluding carboxylic acids is 1. The van der Waals surface area contributed by atoms with Gasteiger partial charge in [0.2, 0.25) is 0 Å². The molecule has 5 nitrogen and oxygen atoms in total. The second-order valence-electron chi connectivity index (χ2n) is 7.61. The van der Waals surface area contributed by atoms with Crippen LogP contribution in [0.2, 0.25) is 0 Å². The number of ether oxygens (including phenoxy) is 2. The molecule has 4 aromatic rings. The Labute approximate surface area is 185 Å². The van der Waals surface area contributed by atoms with Gasteiger partial charge < -0.3 is 9.47 Å². The molecule has 0 spiro atoms. The summed E-state index contributed by atoms with van der Waals surface area (Å²) in [6.45, 7) is 3.64. The summed E-state index contributed by atoms with van der Waals surface area (Å²) < 4.78 is 12.8. The van der Waals surface area contributed by atoms with Crippen molar-refractivity contribution in [2.24, 2.45) is 0 Å². The van der Waals surface area contributed by atoms with Gasteiger partial charge in [-0.05, 0) is 48.7 Å². The maximum atomic E-state index is 14.1. The molecule has 1 fully saturated rings. The molecule has 3 aromatic carbocycles. The third-order valence-corrected chi connectivity index (χ3v) is 6.63. The second-order valence-corrected chi connectivity index (χ2v) is 8.62. The van der Waals surface area contributed by atoms with Crippen LogP contribution in [0, 0.1) is 0 Å². The molecule has 1 atom stereocenters. The molecule has 1 amide bonds. The van der Waals surface area contributed by atoms with E-state index in [2.05, 4.69) is 0 Å². The van der Waals surface area contributed by atoms with E-state index in [9.17, 15) is 4.79 Å². The number of nitrogens with zero attached hydrogens (tertiary/aromatic N) is 2. The number of benzene rings is 3. The van der Waals surface area contributed by atoms with Crippen LogP contribution in [0.15, 0.2) is 60.7 Å². The molecule has 1 saturated heterocycles. The maximum absolute atomic E-state index is 14.1. The van der Waals surface area contributed by atoms with E-state index >= 15 is 0 Å². The molecule has 1 aromatic heterocycles. The highest BCUT2D eigenvalue weighted by molar-refractivity contribution is 7.22. The van der Waals surface area contributed by atoms with Gasteiger partial charge in [0.1, 0.15) is 5.75 Å². The van der Waals surface area contributed by atoms with Gasteiger partial charge in [-0.25, -0.2) is 4.98 Å². The van der Waals surface area contributed by atoms with E-state index in [1.807, 2.05) is 67.6 Å². The molecule has 2 heterocycles. The molecule has 6 heteroatoms. The molecular formula is C25H24N2O3S. The molecule has 31 heavy (non-hydrogen) atoms. The van der Waals surface area contributed by atoms with Crippen LogP contribution < -0.4 is 9.64 Å². The van der Waals surface area contributed by atoms with Crippen molar-refractivity contribution in [1.82, 2.24) is 4.98 Å². The van der Waals surface area contributed by atoms with Crippen LogP contribution in [0.25, 0.3) is 21.0 Å². The number of carbonyl (C=O) groups is 1. The number of thiazole rings is 1. The van der Waals surface area contributed by atoms with Crippen molar-refractivity contribution in [3.05, 3.63) is 66.2 Å². The molecule has 0 radical (unpaired) electrons. The normalized spacial score (nSPS) is 16.1. The Morgan fingerprint density at radius 1 is 1.16 bits per heavy atom. The summed E-state index contributed by atoms with van der Waals surface area (Å²) in [5.41, 5.74) is 1.48. The molecule has 0 saturated carbocycles. The first-order valence-electron chi connectivity index (χ1n) is 10.7. The van der Waals surface area contributed by atoms with Crippen molar-refractivity contribution in [2.75, 3.05) is 24.7 Å². The zero-order chi connectivity index (χ0) is 21.2. The molecule has 5 rings (SSSR count). The molecule has 158 valence electrons. The maximum Gasteiger partial charge on any atom is 0.264 e. The van der Waals surface area contributed by atoms with Gasteiger partial charge in [0.15, 0.2) is 5.13 Å². The van der Waals surface area contributed by atoms with Gasteiger partial charge in [0.05, 0.1) is 35.0 Å². The lowest BCUT2D eigenvalue weighted by Crippen LogP contribution is -2.37. The summed E-state index contributed by atoms with van der Waals surface area (Å²) >= 11 is 1.53. The van der Waals surface area contributed by atoms with Crippen molar-refractivity contribution in [3.8, 4) is 5.75 Å². The Morgan fingerprint density at radius 3 is 2.81 bits per heavy atom. The van der Waals surface area contributed by atoms with Gasteiger partial charge in [-0.15, -0.1) is 0 Å². The average molecular weight is 433 g/mol. The summed E-state index contributed by atoms with van der Waals surface area (Å²) in [5, 5.41) is 2.59. The number of amides is 1. The van der Waals surface area contributed by atoms with Gasteiger partial charge in [-0.3, -0.25) is 9.69 Å². The third-order valence-electron chi connectivity index (χ3n) is 5.57. The smallest absolute Gasteiger partial charge is 0.264 e. The molecule has 0 bridgehead atoms. The first kappa shape index (κ1) is 20.0. The zero-order valence-corrected chi connectivity index (χ0v) is 18.2. The van der Waals surface area contributed by atoms with E-state index in [0.717, 1.165) is 40.4 Å². The summed E-state index contributed by atoms with van der Waals surface area (Å²) in [6, 6.07) is 19.8. The highest BCUT2D eigenvalue weighted by Gasteiger charge is 2.29. The minimum absolute atomic E-state index is 0.0153. The van der Waals surface area contributed by atoms with Crippen molar-refractivity contribution in [3.63, 3.8) is 0 Å². The van der Waals surface area contributed by atoms with Gasteiger partial charge in [-0.1, -0.05) is 53.8 Å². The first-order chi connectivity index (χ1) is 15.2. The third kappa shape index (κ3) is 3.89. The van der Waals surface area contributed by atoms with Gasteiger partial charge in [-0.2, -0.15) is 0 Å². The Hall–Kier alpha value is -2.96. The number of hydrogen-bond acceptors (Lipinski definition) is 5. The highest BCUT2D eigenvalue weighted by atomic mass is 32.1. The van der Waals surface area contributed by atoms with Crippen molar-refractivity contribution >= 4 is 43.4 Å². The predicted molar refractivity (Wildman–Crippen MR) is 125 cm³/mol. The van der Waals surface area contributed by atoms with E-state index in [1.54, 1.807) is 4.90 Å². The predicted octanol–water partition coefficient (Wildman–Crippen LogP) is 5.67. The topological polar surface area (TPSA) is 51.7 Å². The van der Waals surface area contributed by atoms with Crippen LogP contribution in [0.5, 0.6) is 5.75 Å². The lowest BCUT2D eigenvalue weighted by Gasteiger charge is -2.24. The SMILES string of the molecule is CCOc1ccc2ccccc2c1C(=O)N(CC1CCCO1)c1nc2ccccc2s1. The lowest BCUT2D eigenvalue weighted by molar-refractivity contribution is 0.0916. The fraction of sp³-hybridized carbons (Fsp3) is 0.280. The Kier molecular flexibility index (Phi) is 5.57. The Morgan fingerprint density at radius 2 is 2.00 bits per heavy atom. The molecule has 1 unspecified atom stereocenters. The van der Waals surface area contributed by atoms with Crippen LogP contribution in [0.1, 0.15) is 30.1 Å². The van der Waals surface area contributed by atoms with Crippen molar-refractivity contribution in [2.45, 2.75) is 25.9 Å². The number of rotatable bonds is 6. The second kappa shape index (κ2) is 8.65. The first-order valence-corrected chi connectivity index (χ1v) is 11.5. The van der Waals surface area contributed by atoms with Gasteiger partial charge >= 0.3 is 0 Å². The van der Waals surface area contributed by atoms with Crippen LogP contribution in [-0.2, 0) is 4.74 Å². The standard InChI is InChI=1S/C25H24N2O3S/c1-2-29-21-14-13-17-8-3-4-10-19(17)23(21)24(28)27(16-18-9-7-15-30-18)25-26-20-11-5-6-12-22(20)31-25/h3-6,8,10-14,18H,2,7,9,15-16H2,1H3. The van der Waals surface area contributed by atoms with E-state index in [0.29, 0.717) is 29.6 Å². The Bertz CT molecular complexity index is 1200. The molecule has 1 aliphatic heterocycles. The van der Waals surface area contributed by atoms with E-state index < -0.39 is 0 Å². The fourth-order valence-electron chi connectivity index (χ4n) is 4.10. The lowest BCUT2D eigenvalue weighted by atomic mass is 10.0. The van der Waals surface area contributed by atoms with Crippen LogP contribution in [0.3, 0.4) is 0 Å². The number of anilines is 1. The van der Waals surface area contributed by atoms with Crippen molar-refractivity contribution in [1.29, 1.82) is 0 Å². The Balaban J connectivity index is 1.63. The van der Waals surface area contributed by atoms with Crippen LogP contribution in [0.4, 0.5) is 5.13 Å². The van der Waals surface area contributed by atoms with E-state index in [4.69, 9.17) is 14.5 Å². The number of fused-ring (bicyclic) bond motifs is 2. The molecular weight excluding hydrogens is 408 g/mol. The average Bonchev–Trinajstić information content (AvgIpc) is 3.46. The van der Waals surface area contributed by atoms with Gasteiger partial charge in [0, 0.05) is 6.61 Å². The minimum atomic E-state index is -0.102. The van der Waals surface area contributed by atoms with Crippen molar-refractivity contribution < 1.29 is 14.3 Å². The monoisotopic (exact) mass is 432 g/mol. The van der Waals surface area contributed by atoms with E-state index in [1.165, 1.54) is 11.3 Å². The number of hydrogen-bond donors (Lipinski definition) is 0. The van der Waals surface area contributed by atoms with Gasteiger partial charge in [0.25, 0.3) is 5.91 Å². The highest BCUT2D eigenvalue weighted by Crippen LogP contribution is 2.34. The quantitative estimate of drug-likeness (QED) is 0.394. The summed E-state index contributed by atoms with van der Waals surface area (Å²) in [6.07, 6.45) is 1.98. The molecule has 0 aliphatic carbocycles. The number of aromatic nitrogens is 1. The number of para-hydroxylation sites is 1. The summed E-state index contributed by atoms with van der Waals surface area (Å²) in [4.78, 5) is 20.6. The molecule has 0 N–H and O–H groups in total. The van der Waals surface area contributed by atoms with Crippen LogP contribution >= 0.6 is 11.3 Å². The minimum Gasteiger partial charge on any atom is -0.493 e. The molecule has 1 aliphatic rings. The largest absolute Gasteiger partial charge is 0.493 e. The fourth-order valence-corrected chi connectivity index (χ4v) is 5.07. The summed E-state index contributed by atoms with van der Waals surface area (Å²) in [7, 11) is 0. The van der Waals surface area contributed by atoms with Crippen LogP contribution in [-0.4, -0.2) is 36.8 Å².